The van der Waals surface area contributed by atoms with Gasteiger partial charge >= 0.3 is 0 Å². The third-order valence-corrected chi connectivity index (χ3v) is 5.31. The number of sulfonamides is 1. The van der Waals surface area contributed by atoms with Gasteiger partial charge in [-0.25, -0.2) is 8.42 Å². The van der Waals surface area contributed by atoms with Gasteiger partial charge in [0.05, 0.1) is 18.7 Å². The molecule has 2 unspecified atom stereocenters. The maximum atomic E-state index is 12.8. The van der Waals surface area contributed by atoms with E-state index in [0.717, 1.165) is 0 Å². The molecule has 0 amide bonds. The molecular weight excluding hydrogens is 326 g/mol. The number of piperazine rings is 1. The number of nitrogens with zero attached hydrogens (tertiary/aromatic N) is 2. The highest BCUT2D eigenvalue weighted by Crippen LogP contribution is 2.28. The van der Waals surface area contributed by atoms with Crippen LogP contribution in [0.5, 0.6) is 5.75 Å². The molecule has 122 valence electrons. The fourth-order valence-corrected chi connectivity index (χ4v) is 4.32. The van der Waals surface area contributed by atoms with Crippen molar-refractivity contribution in [1.29, 1.82) is 5.26 Å². The lowest BCUT2D eigenvalue weighted by Crippen LogP contribution is -2.55. The maximum Gasteiger partial charge on any atom is 0.246 e. The number of hydrogen-bond acceptors (Lipinski definition) is 5. The zero-order valence-corrected chi connectivity index (χ0v) is 14.4. The summed E-state index contributed by atoms with van der Waals surface area (Å²) in [6, 6.07) is 6.53. The molecular formula is C14H20ClN3O3S. The van der Waals surface area contributed by atoms with E-state index in [2.05, 4.69) is 5.32 Å². The Morgan fingerprint density at radius 2 is 1.91 bits per heavy atom. The molecule has 1 aromatic rings. The summed E-state index contributed by atoms with van der Waals surface area (Å²) in [5, 5.41) is 12.2. The van der Waals surface area contributed by atoms with E-state index in [1.54, 1.807) is 0 Å². The van der Waals surface area contributed by atoms with E-state index in [4.69, 9.17) is 10.00 Å². The van der Waals surface area contributed by atoms with Crippen LogP contribution in [0.4, 0.5) is 0 Å². The second-order valence-electron chi connectivity index (χ2n) is 5.27. The number of ether oxygens (including phenoxy) is 1. The Kier molecular flexibility index (Phi) is 6.20. The van der Waals surface area contributed by atoms with Gasteiger partial charge in [-0.2, -0.15) is 9.57 Å². The highest BCUT2D eigenvalue weighted by Gasteiger charge is 2.33. The zero-order chi connectivity index (χ0) is 15.6. The standard InChI is InChI=1S/C14H19N3O3S.ClH/c1-10-8-17(9-11(2)16-10)21(18,19)14-5-4-12(7-15)6-13(14)20-3;/h4-6,10-11,16H,8-9H2,1-3H3;1H. The highest BCUT2D eigenvalue weighted by atomic mass is 35.5. The third kappa shape index (κ3) is 3.70. The van der Waals surface area contributed by atoms with Gasteiger partial charge in [0.15, 0.2) is 0 Å². The van der Waals surface area contributed by atoms with Gasteiger partial charge in [-0.3, -0.25) is 0 Å². The van der Waals surface area contributed by atoms with Crippen molar-refractivity contribution in [2.24, 2.45) is 0 Å². The monoisotopic (exact) mass is 345 g/mol. The summed E-state index contributed by atoms with van der Waals surface area (Å²) in [6.07, 6.45) is 0. The van der Waals surface area contributed by atoms with E-state index in [1.165, 1.54) is 29.6 Å². The Bertz CT molecular complexity index is 662. The normalized spacial score (nSPS) is 22.5. The number of methoxy groups -OCH3 is 1. The fraction of sp³-hybridized carbons (Fsp3) is 0.500. The van der Waals surface area contributed by atoms with Crippen molar-refractivity contribution >= 4 is 22.4 Å². The van der Waals surface area contributed by atoms with Crippen LogP contribution in [0.3, 0.4) is 0 Å². The van der Waals surface area contributed by atoms with Crippen LogP contribution in [-0.4, -0.2) is 45.0 Å². The molecule has 22 heavy (non-hydrogen) atoms. The Balaban J connectivity index is 0.00000242. The molecule has 1 heterocycles. The van der Waals surface area contributed by atoms with Gasteiger partial charge in [0.25, 0.3) is 0 Å². The quantitative estimate of drug-likeness (QED) is 0.894. The SMILES string of the molecule is COc1cc(C#N)ccc1S(=O)(=O)N1CC(C)NC(C)C1.Cl. The van der Waals surface area contributed by atoms with Gasteiger partial charge in [0.2, 0.25) is 10.0 Å². The smallest absolute Gasteiger partial charge is 0.246 e. The summed E-state index contributed by atoms with van der Waals surface area (Å²) in [7, 11) is -2.24. The molecule has 1 N–H and O–H groups in total. The van der Waals surface area contributed by atoms with Gasteiger partial charge in [-0.15, -0.1) is 12.4 Å². The topological polar surface area (TPSA) is 82.4 Å². The van der Waals surface area contributed by atoms with Crippen LogP contribution in [0.2, 0.25) is 0 Å². The molecule has 1 aliphatic heterocycles. The number of rotatable bonds is 3. The average Bonchev–Trinajstić information content (AvgIpc) is 2.45. The lowest BCUT2D eigenvalue weighted by Gasteiger charge is -2.35. The largest absolute Gasteiger partial charge is 0.495 e. The molecule has 2 rings (SSSR count). The van der Waals surface area contributed by atoms with Crippen molar-refractivity contribution in [2.45, 2.75) is 30.8 Å². The van der Waals surface area contributed by atoms with Crippen LogP contribution in [0.1, 0.15) is 19.4 Å². The van der Waals surface area contributed by atoms with Crippen molar-refractivity contribution in [3.8, 4) is 11.8 Å². The van der Waals surface area contributed by atoms with E-state index < -0.39 is 10.0 Å². The minimum atomic E-state index is -3.64. The first-order chi connectivity index (χ1) is 9.88. The summed E-state index contributed by atoms with van der Waals surface area (Å²) in [5.41, 5.74) is 0.368. The minimum absolute atomic E-state index is 0. The predicted molar refractivity (Wildman–Crippen MR) is 85.8 cm³/mol. The summed E-state index contributed by atoms with van der Waals surface area (Å²) in [4.78, 5) is 0.102. The van der Waals surface area contributed by atoms with Crippen LogP contribution in [-0.2, 0) is 10.0 Å². The molecule has 6 nitrogen and oxygen atoms in total. The summed E-state index contributed by atoms with van der Waals surface area (Å²) in [5.74, 6) is 0.202. The Hall–Kier alpha value is -1.33. The molecule has 1 aromatic carbocycles. The van der Waals surface area contributed by atoms with E-state index in [9.17, 15) is 8.42 Å². The molecule has 0 aliphatic carbocycles. The van der Waals surface area contributed by atoms with Crippen LogP contribution in [0, 0.1) is 11.3 Å². The molecule has 8 heteroatoms. The van der Waals surface area contributed by atoms with Crippen LogP contribution in [0.15, 0.2) is 23.1 Å². The lowest BCUT2D eigenvalue weighted by atomic mass is 10.2. The Labute approximate surface area is 137 Å². The van der Waals surface area contributed by atoms with Gasteiger partial charge in [0.1, 0.15) is 10.6 Å². The van der Waals surface area contributed by atoms with Crippen LogP contribution >= 0.6 is 12.4 Å². The highest BCUT2D eigenvalue weighted by molar-refractivity contribution is 7.89. The fourth-order valence-electron chi connectivity index (χ4n) is 2.56. The number of halogens is 1. The number of nitriles is 1. The van der Waals surface area contributed by atoms with Crippen LogP contribution < -0.4 is 10.1 Å². The van der Waals surface area contributed by atoms with E-state index in [1.807, 2.05) is 19.9 Å². The number of hydrogen-bond donors (Lipinski definition) is 1. The van der Waals surface area contributed by atoms with Crippen molar-refractivity contribution in [3.63, 3.8) is 0 Å². The molecule has 1 fully saturated rings. The first kappa shape index (κ1) is 18.7. The second-order valence-corrected chi connectivity index (χ2v) is 7.17. The summed E-state index contributed by atoms with van der Waals surface area (Å²) < 4.78 is 32.2. The first-order valence-corrected chi connectivity index (χ1v) is 8.17. The molecule has 1 aliphatic rings. The van der Waals surface area contributed by atoms with Gasteiger partial charge in [-0.05, 0) is 32.0 Å². The van der Waals surface area contributed by atoms with Crippen molar-refractivity contribution in [3.05, 3.63) is 23.8 Å². The van der Waals surface area contributed by atoms with Crippen molar-refractivity contribution < 1.29 is 13.2 Å². The van der Waals surface area contributed by atoms with Gasteiger partial charge < -0.3 is 10.1 Å². The average molecular weight is 346 g/mol. The first-order valence-electron chi connectivity index (χ1n) is 6.73. The lowest BCUT2D eigenvalue weighted by molar-refractivity contribution is 0.262. The second kappa shape index (κ2) is 7.29. The molecule has 0 spiro atoms. The Morgan fingerprint density at radius 1 is 1.32 bits per heavy atom. The van der Waals surface area contributed by atoms with Gasteiger partial charge in [-0.1, -0.05) is 0 Å². The van der Waals surface area contributed by atoms with E-state index >= 15 is 0 Å². The molecule has 0 radical (unpaired) electrons. The molecule has 0 aromatic heterocycles. The molecule has 0 saturated carbocycles. The van der Waals surface area contributed by atoms with Gasteiger partial charge in [0, 0.05) is 25.2 Å². The van der Waals surface area contributed by atoms with Crippen molar-refractivity contribution in [2.75, 3.05) is 20.2 Å². The Morgan fingerprint density at radius 3 is 2.41 bits per heavy atom. The predicted octanol–water partition coefficient (Wildman–Crippen LogP) is 1.36. The zero-order valence-electron chi connectivity index (χ0n) is 12.7. The molecule has 0 bridgehead atoms. The van der Waals surface area contributed by atoms with E-state index in [-0.39, 0.29) is 35.1 Å². The van der Waals surface area contributed by atoms with Crippen LogP contribution in [0.25, 0.3) is 0 Å². The molecule has 1 saturated heterocycles. The summed E-state index contributed by atoms with van der Waals surface area (Å²) >= 11 is 0. The third-order valence-electron chi connectivity index (χ3n) is 3.43. The summed E-state index contributed by atoms with van der Waals surface area (Å²) in [6.45, 7) is 4.73. The molecule has 2 atom stereocenters. The number of nitrogens with one attached hydrogen (secondary N) is 1. The van der Waals surface area contributed by atoms with Crippen molar-refractivity contribution in [1.82, 2.24) is 9.62 Å². The maximum absolute atomic E-state index is 12.8. The number of benzene rings is 1. The van der Waals surface area contributed by atoms with E-state index in [0.29, 0.717) is 18.7 Å². The minimum Gasteiger partial charge on any atom is -0.495 e.